The van der Waals surface area contributed by atoms with Gasteiger partial charge in [-0.15, -0.1) is 0 Å². The molecule has 0 saturated carbocycles. The Kier molecular flexibility index (Phi) is 8.61. The molecule has 0 saturated heterocycles. The van der Waals surface area contributed by atoms with Crippen molar-refractivity contribution in [2.45, 2.75) is 0 Å². The third-order valence-electron chi connectivity index (χ3n) is 6.93. The summed E-state index contributed by atoms with van der Waals surface area (Å²) in [6.45, 7) is 8.50. The van der Waals surface area contributed by atoms with E-state index in [1.807, 2.05) is 48.5 Å². The highest BCUT2D eigenvalue weighted by Crippen LogP contribution is 2.28. The van der Waals surface area contributed by atoms with Gasteiger partial charge in [0.05, 0.1) is 0 Å². The van der Waals surface area contributed by atoms with Crippen molar-refractivity contribution in [3.05, 3.63) is 205 Å². The Hall–Kier alpha value is -5.20. The standard InChI is InChI=1S/C28H22.C12H10/c1-21(23-9-5-3-6-10-23)25-13-17-27(18-14-25)28-19-15-26(16-20-28)22(2)24-11-7-4-8-12-24;1-3-7-11(8-4-1)12-9-5-2-6-10-12/h3-20H,1-2H2;1-10H. The second-order valence-electron chi connectivity index (χ2n) is 9.58. The number of rotatable bonds is 6. The highest BCUT2D eigenvalue weighted by atomic mass is 14.1. The van der Waals surface area contributed by atoms with Gasteiger partial charge in [0.2, 0.25) is 0 Å². The molecule has 0 aromatic heterocycles. The van der Waals surface area contributed by atoms with Gasteiger partial charge in [-0.05, 0) is 55.7 Å². The molecule has 6 rings (SSSR count). The molecule has 0 radical (unpaired) electrons. The van der Waals surface area contributed by atoms with E-state index in [2.05, 4.69) is 134 Å². The molecule has 0 aliphatic heterocycles. The van der Waals surface area contributed by atoms with Gasteiger partial charge >= 0.3 is 0 Å². The van der Waals surface area contributed by atoms with Gasteiger partial charge in [-0.3, -0.25) is 0 Å². The van der Waals surface area contributed by atoms with E-state index in [-0.39, 0.29) is 0 Å². The lowest BCUT2D eigenvalue weighted by Crippen LogP contribution is -1.88. The van der Waals surface area contributed by atoms with Crippen LogP contribution in [0.25, 0.3) is 33.4 Å². The van der Waals surface area contributed by atoms with E-state index in [0.29, 0.717) is 0 Å². The summed E-state index contributed by atoms with van der Waals surface area (Å²) in [6, 6.07) is 58.6. The van der Waals surface area contributed by atoms with Crippen molar-refractivity contribution < 1.29 is 0 Å². The molecule has 0 aliphatic rings. The van der Waals surface area contributed by atoms with Crippen LogP contribution in [-0.2, 0) is 0 Å². The van der Waals surface area contributed by atoms with Crippen molar-refractivity contribution in [1.82, 2.24) is 0 Å². The molecule has 0 unspecified atom stereocenters. The van der Waals surface area contributed by atoms with Crippen molar-refractivity contribution in [2.24, 2.45) is 0 Å². The van der Waals surface area contributed by atoms with Crippen LogP contribution in [0.1, 0.15) is 22.3 Å². The van der Waals surface area contributed by atoms with Gasteiger partial charge in [-0.2, -0.15) is 0 Å². The van der Waals surface area contributed by atoms with E-state index in [1.165, 1.54) is 22.3 Å². The van der Waals surface area contributed by atoms with Crippen molar-refractivity contribution in [3.8, 4) is 22.3 Å². The average molecular weight is 513 g/mol. The Morgan fingerprint density at radius 2 is 0.475 bits per heavy atom. The minimum absolute atomic E-state index is 1.04. The van der Waals surface area contributed by atoms with Gasteiger partial charge in [0, 0.05) is 0 Å². The van der Waals surface area contributed by atoms with Gasteiger partial charge in [0.1, 0.15) is 0 Å². The van der Waals surface area contributed by atoms with Crippen molar-refractivity contribution >= 4 is 11.1 Å². The van der Waals surface area contributed by atoms with E-state index in [4.69, 9.17) is 0 Å². The maximum atomic E-state index is 4.25. The first kappa shape index (κ1) is 26.4. The Morgan fingerprint density at radius 3 is 0.775 bits per heavy atom. The lowest BCUT2D eigenvalue weighted by Gasteiger charge is -2.10. The van der Waals surface area contributed by atoms with Crippen LogP contribution in [0.3, 0.4) is 0 Å². The minimum atomic E-state index is 1.04. The molecule has 0 N–H and O–H groups in total. The van der Waals surface area contributed by atoms with Gasteiger partial charge in [-0.25, -0.2) is 0 Å². The van der Waals surface area contributed by atoms with Crippen LogP contribution in [0.15, 0.2) is 183 Å². The van der Waals surface area contributed by atoms with Crippen LogP contribution in [0.5, 0.6) is 0 Å². The highest BCUT2D eigenvalue weighted by molar-refractivity contribution is 5.81. The Morgan fingerprint density at radius 1 is 0.250 bits per heavy atom. The van der Waals surface area contributed by atoms with Crippen molar-refractivity contribution in [3.63, 3.8) is 0 Å². The normalized spacial score (nSPS) is 10.2. The molecule has 0 heterocycles. The summed E-state index contributed by atoms with van der Waals surface area (Å²) >= 11 is 0. The largest absolute Gasteiger partial charge is 0.0906 e. The fourth-order valence-corrected chi connectivity index (χ4v) is 4.60. The van der Waals surface area contributed by atoms with Crippen LogP contribution >= 0.6 is 0 Å². The van der Waals surface area contributed by atoms with Crippen molar-refractivity contribution in [1.29, 1.82) is 0 Å². The predicted molar refractivity (Wildman–Crippen MR) is 173 cm³/mol. The fourth-order valence-electron chi connectivity index (χ4n) is 4.60. The monoisotopic (exact) mass is 512 g/mol. The third-order valence-corrected chi connectivity index (χ3v) is 6.93. The number of benzene rings is 6. The maximum absolute atomic E-state index is 4.25. The Balaban J connectivity index is 0.000000223. The summed E-state index contributed by atoms with van der Waals surface area (Å²) < 4.78 is 0. The van der Waals surface area contributed by atoms with Crippen molar-refractivity contribution in [2.75, 3.05) is 0 Å². The van der Waals surface area contributed by atoms with E-state index in [9.17, 15) is 0 Å². The first-order valence-electron chi connectivity index (χ1n) is 13.5. The molecule has 192 valence electrons. The van der Waals surface area contributed by atoms with Gasteiger partial charge in [-0.1, -0.05) is 183 Å². The van der Waals surface area contributed by atoms with Crippen LogP contribution in [0, 0.1) is 0 Å². The molecule has 0 atom stereocenters. The molecule has 0 aliphatic carbocycles. The van der Waals surface area contributed by atoms with E-state index in [0.717, 1.165) is 33.4 Å². The zero-order chi connectivity index (χ0) is 27.6. The predicted octanol–water partition coefficient (Wildman–Crippen LogP) is 10.8. The number of hydrogen-bond acceptors (Lipinski definition) is 0. The minimum Gasteiger partial charge on any atom is -0.0906 e. The lowest BCUT2D eigenvalue weighted by atomic mass is 9.95. The molecular weight excluding hydrogens is 480 g/mol. The Bertz CT molecular complexity index is 1510. The average Bonchev–Trinajstić information content (AvgIpc) is 3.06. The molecule has 6 aromatic rings. The number of hydrogen-bond donors (Lipinski definition) is 0. The topological polar surface area (TPSA) is 0 Å². The summed E-state index contributed by atoms with van der Waals surface area (Å²) in [7, 11) is 0. The first-order chi connectivity index (χ1) is 19.7. The lowest BCUT2D eigenvalue weighted by molar-refractivity contribution is 1.53. The third kappa shape index (κ3) is 6.62. The summed E-state index contributed by atoms with van der Waals surface area (Å²) in [5, 5.41) is 0. The van der Waals surface area contributed by atoms with Crippen LogP contribution in [-0.4, -0.2) is 0 Å². The molecular formula is C40H32. The van der Waals surface area contributed by atoms with Crippen LogP contribution in [0.2, 0.25) is 0 Å². The van der Waals surface area contributed by atoms with E-state index in [1.54, 1.807) is 0 Å². The van der Waals surface area contributed by atoms with Gasteiger partial charge in [0.15, 0.2) is 0 Å². The van der Waals surface area contributed by atoms with Crippen LogP contribution in [0.4, 0.5) is 0 Å². The highest BCUT2D eigenvalue weighted by Gasteiger charge is 2.05. The van der Waals surface area contributed by atoms with E-state index < -0.39 is 0 Å². The van der Waals surface area contributed by atoms with E-state index >= 15 is 0 Å². The molecule has 40 heavy (non-hydrogen) atoms. The zero-order valence-corrected chi connectivity index (χ0v) is 22.6. The van der Waals surface area contributed by atoms with Gasteiger partial charge in [0.25, 0.3) is 0 Å². The summed E-state index contributed by atoms with van der Waals surface area (Å²) in [4.78, 5) is 0. The molecule has 0 amide bonds. The quantitative estimate of drug-likeness (QED) is 0.208. The summed E-state index contributed by atoms with van der Waals surface area (Å²) in [5.41, 5.74) is 11.6. The Labute approximate surface area is 238 Å². The molecule has 0 nitrogen and oxygen atoms in total. The molecule has 0 fully saturated rings. The zero-order valence-electron chi connectivity index (χ0n) is 22.6. The smallest absolute Gasteiger partial charge is 0.0183 e. The molecule has 0 spiro atoms. The SMILES string of the molecule is C=C(c1ccccc1)c1ccc(-c2ccc(C(=C)c3ccccc3)cc2)cc1.c1ccc(-c2ccccc2)cc1. The summed E-state index contributed by atoms with van der Waals surface area (Å²) in [5.74, 6) is 0. The fraction of sp³-hybridized carbons (Fsp3) is 0. The maximum Gasteiger partial charge on any atom is -0.0183 e. The molecule has 6 aromatic carbocycles. The first-order valence-corrected chi connectivity index (χ1v) is 13.5. The molecule has 0 heteroatoms. The molecule has 0 bridgehead atoms. The second kappa shape index (κ2) is 13.0. The van der Waals surface area contributed by atoms with Crippen LogP contribution < -0.4 is 0 Å². The summed E-state index contributed by atoms with van der Waals surface area (Å²) in [6.07, 6.45) is 0. The van der Waals surface area contributed by atoms with Gasteiger partial charge < -0.3 is 0 Å². The second-order valence-corrected chi connectivity index (χ2v) is 9.58.